The van der Waals surface area contributed by atoms with Crippen LogP contribution >= 0.6 is 0 Å². The molecule has 1 aromatic carbocycles. The Kier molecular flexibility index (Phi) is 6.04. The van der Waals surface area contributed by atoms with Gasteiger partial charge in [0.15, 0.2) is 6.54 Å². The highest BCUT2D eigenvalue weighted by atomic mass is 19.1. The summed E-state index contributed by atoms with van der Waals surface area (Å²) in [6.45, 7) is 5.31. The van der Waals surface area contributed by atoms with Crippen LogP contribution in [0.25, 0.3) is 11.5 Å². The Balaban J connectivity index is 1.64. The van der Waals surface area contributed by atoms with Gasteiger partial charge in [-0.15, -0.1) is 0 Å². The van der Waals surface area contributed by atoms with E-state index in [9.17, 15) is 14.4 Å². The lowest BCUT2D eigenvalue weighted by Gasteiger charge is -2.31. The minimum absolute atomic E-state index is 0.0263. The van der Waals surface area contributed by atoms with Gasteiger partial charge >= 0.3 is 0 Å². The SMILES string of the molecule is Cc1cc(-c2nc(CC[N+](C)(C)CC(=O)N3CCC[C@H]3C#N)c(C)o2)ccc1F. The van der Waals surface area contributed by atoms with Gasteiger partial charge in [0, 0.05) is 18.5 Å². The summed E-state index contributed by atoms with van der Waals surface area (Å²) in [7, 11) is 4.02. The maximum Gasteiger partial charge on any atom is 0.278 e. The van der Waals surface area contributed by atoms with E-state index >= 15 is 0 Å². The number of aryl methyl sites for hydroxylation is 2. The number of nitrogens with zero attached hydrogens (tertiary/aromatic N) is 4. The van der Waals surface area contributed by atoms with Crippen LogP contribution < -0.4 is 0 Å². The zero-order valence-corrected chi connectivity index (χ0v) is 17.5. The van der Waals surface area contributed by atoms with Crippen LogP contribution in [0.5, 0.6) is 0 Å². The summed E-state index contributed by atoms with van der Waals surface area (Å²) in [5.74, 6) is 0.990. The Hall–Kier alpha value is -2.72. The number of quaternary nitrogens is 1. The van der Waals surface area contributed by atoms with Gasteiger partial charge in [-0.3, -0.25) is 4.79 Å². The molecule has 0 radical (unpaired) electrons. The molecule has 1 aromatic heterocycles. The fourth-order valence-electron chi connectivity index (χ4n) is 3.71. The molecular formula is C22H28FN4O2+. The number of benzene rings is 1. The number of carbonyl (C=O) groups is 1. The number of aromatic nitrogens is 1. The summed E-state index contributed by atoms with van der Waals surface area (Å²) in [4.78, 5) is 19.0. The molecule has 0 saturated carbocycles. The number of amides is 1. The Morgan fingerprint density at radius 3 is 2.86 bits per heavy atom. The van der Waals surface area contributed by atoms with Gasteiger partial charge in [-0.05, 0) is 50.5 Å². The fourth-order valence-corrected chi connectivity index (χ4v) is 3.71. The molecule has 154 valence electrons. The van der Waals surface area contributed by atoms with Gasteiger partial charge in [-0.1, -0.05) is 0 Å². The van der Waals surface area contributed by atoms with Crippen LogP contribution in [-0.2, 0) is 11.2 Å². The molecule has 1 amide bonds. The molecule has 0 aliphatic carbocycles. The zero-order chi connectivity index (χ0) is 21.2. The molecule has 0 unspecified atom stereocenters. The molecule has 1 saturated heterocycles. The minimum atomic E-state index is -0.290. The quantitative estimate of drug-likeness (QED) is 0.700. The minimum Gasteiger partial charge on any atom is -0.441 e. The molecule has 0 bridgehead atoms. The molecule has 1 atom stereocenters. The normalized spacial score (nSPS) is 16.8. The molecule has 2 aromatic rings. The third-order valence-corrected chi connectivity index (χ3v) is 5.54. The maximum atomic E-state index is 13.5. The van der Waals surface area contributed by atoms with E-state index in [0.717, 1.165) is 29.9 Å². The molecule has 29 heavy (non-hydrogen) atoms. The highest BCUT2D eigenvalue weighted by Gasteiger charge is 2.32. The average molecular weight is 399 g/mol. The molecule has 1 aliphatic rings. The number of nitriles is 1. The lowest BCUT2D eigenvalue weighted by molar-refractivity contribution is -0.882. The largest absolute Gasteiger partial charge is 0.441 e. The van der Waals surface area contributed by atoms with Crippen LogP contribution in [0.1, 0.15) is 29.9 Å². The second-order valence-corrected chi connectivity index (χ2v) is 8.43. The summed E-state index contributed by atoms with van der Waals surface area (Å²) in [6.07, 6.45) is 2.32. The third-order valence-electron chi connectivity index (χ3n) is 5.54. The van der Waals surface area contributed by atoms with E-state index in [1.807, 2.05) is 21.0 Å². The Morgan fingerprint density at radius 1 is 1.41 bits per heavy atom. The molecular weight excluding hydrogens is 371 g/mol. The van der Waals surface area contributed by atoms with Gasteiger partial charge in [0.2, 0.25) is 5.89 Å². The smallest absolute Gasteiger partial charge is 0.278 e. The highest BCUT2D eigenvalue weighted by molar-refractivity contribution is 5.78. The van der Waals surface area contributed by atoms with Crippen LogP contribution in [0.3, 0.4) is 0 Å². The number of likely N-dealkylation sites (N-methyl/N-ethyl adjacent to an activating group) is 1. The predicted molar refractivity (Wildman–Crippen MR) is 107 cm³/mol. The second-order valence-electron chi connectivity index (χ2n) is 8.43. The Labute approximate surface area is 171 Å². The molecule has 0 spiro atoms. The topological polar surface area (TPSA) is 70.1 Å². The summed E-state index contributed by atoms with van der Waals surface area (Å²) >= 11 is 0. The maximum absolute atomic E-state index is 13.5. The van der Waals surface area contributed by atoms with Crippen molar-refractivity contribution in [1.82, 2.24) is 9.88 Å². The molecule has 3 rings (SSSR count). The molecule has 6 nitrogen and oxygen atoms in total. The number of rotatable bonds is 6. The fraction of sp³-hybridized carbons (Fsp3) is 0.500. The van der Waals surface area contributed by atoms with Crippen molar-refractivity contribution in [2.24, 2.45) is 0 Å². The van der Waals surface area contributed by atoms with Crippen LogP contribution in [0.15, 0.2) is 22.6 Å². The number of carbonyl (C=O) groups excluding carboxylic acids is 1. The Bertz CT molecular complexity index is 945. The zero-order valence-electron chi connectivity index (χ0n) is 17.5. The summed E-state index contributed by atoms with van der Waals surface area (Å²) in [5, 5.41) is 9.21. The lowest BCUT2D eigenvalue weighted by Crippen LogP contribution is -2.50. The van der Waals surface area contributed by atoms with Crippen molar-refractivity contribution in [2.45, 2.75) is 39.2 Å². The van der Waals surface area contributed by atoms with Gasteiger partial charge in [0.1, 0.15) is 17.6 Å². The number of oxazole rings is 1. The van der Waals surface area contributed by atoms with Crippen molar-refractivity contribution in [2.75, 3.05) is 33.7 Å². The van der Waals surface area contributed by atoms with E-state index in [-0.39, 0.29) is 17.8 Å². The standard InChI is InChI=1S/C22H28FN4O2/c1-15-12-17(7-8-19(15)23)22-25-20(16(2)29-22)9-11-27(3,4)14-21(28)26-10-5-6-18(26)13-24/h7-8,12,18H,5-6,9-11,14H2,1-4H3/q+1/t18-/m0/s1. The van der Waals surface area contributed by atoms with Gasteiger partial charge in [-0.2, -0.15) is 5.26 Å². The molecule has 0 N–H and O–H groups in total. The first-order valence-electron chi connectivity index (χ1n) is 9.94. The van der Waals surface area contributed by atoms with Crippen molar-refractivity contribution < 1.29 is 18.1 Å². The van der Waals surface area contributed by atoms with E-state index in [0.29, 0.717) is 42.0 Å². The molecule has 7 heteroatoms. The summed E-state index contributed by atoms with van der Waals surface area (Å²) < 4.78 is 19.8. The second kappa shape index (κ2) is 8.34. The number of hydrogen-bond acceptors (Lipinski definition) is 4. The van der Waals surface area contributed by atoms with E-state index < -0.39 is 0 Å². The molecule has 1 fully saturated rings. The third kappa shape index (κ3) is 4.83. The average Bonchev–Trinajstić information content (AvgIpc) is 3.28. The summed E-state index contributed by atoms with van der Waals surface area (Å²) in [6, 6.07) is 6.74. The van der Waals surface area contributed by atoms with Crippen molar-refractivity contribution in [3.63, 3.8) is 0 Å². The van der Waals surface area contributed by atoms with Crippen LogP contribution in [0.2, 0.25) is 0 Å². The molecule has 1 aliphatic heterocycles. The predicted octanol–water partition coefficient (Wildman–Crippen LogP) is 3.23. The van der Waals surface area contributed by atoms with Crippen LogP contribution in [0.4, 0.5) is 4.39 Å². The number of halogens is 1. The van der Waals surface area contributed by atoms with Gasteiger partial charge in [0.05, 0.1) is 32.4 Å². The first-order chi connectivity index (χ1) is 13.7. The van der Waals surface area contributed by atoms with E-state index in [4.69, 9.17) is 4.42 Å². The van der Waals surface area contributed by atoms with Crippen molar-refractivity contribution in [3.05, 3.63) is 41.0 Å². The Morgan fingerprint density at radius 2 is 2.17 bits per heavy atom. The first-order valence-corrected chi connectivity index (χ1v) is 9.94. The van der Waals surface area contributed by atoms with Gasteiger partial charge in [0.25, 0.3) is 5.91 Å². The van der Waals surface area contributed by atoms with Crippen molar-refractivity contribution in [1.29, 1.82) is 5.26 Å². The van der Waals surface area contributed by atoms with Crippen molar-refractivity contribution in [3.8, 4) is 17.5 Å². The van der Waals surface area contributed by atoms with E-state index in [2.05, 4.69) is 11.1 Å². The highest BCUT2D eigenvalue weighted by Crippen LogP contribution is 2.24. The van der Waals surface area contributed by atoms with Crippen LogP contribution in [0, 0.1) is 31.0 Å². The van der Waals surface area contributed by atoms with Crippen molar-refractivity contribution >= 4 is 5.91 Å². The van der Waals surface area contributed by atoms with E-state index in [1.165, 1.54) is 6.07 Å². The number of likely N-dealkylation sites (tertiary alicyclic amines) is 1. The number of hydrogen-bond donors (Lipinski definition) is 0. The van der Waals surface area contributed by atoms with E-state index in [1.54, 1.807) is 24.0 Å². The monoisotopic (exact) mass is 399 g/mol. The molecule has 2 heterocycles. The van der Waals surface area contributed by atoms with Crippen LogP contribution in [-0.4, -0.2) is 60.0 Å². The summed E-state index contributed by atoms with van der Waals surface area (Å²) in [5.41, 5.74) is 2.14. The lowest BCUT2D eigenvalue weighted by atomic mass is 10.1. The van der Waals surface area contributed by atoms with Gasteiger partial charge in [-0.25, -0.2) is 9.37 Å². The first kappa shape index (κ1) is 21.0. The van der Waals surface area contributed by atoms with Gasteiger partial charge < -0.3 is 13.8 Å².